The summed E-state index contributed by atoms with van der Waals surface area (Å²) in [5.74, 6) is 1.50. The zero-order chi connectivity index (χ0) is 16.4. The van der Waals surface area contributed by atoms with E-state index < -0.39 is 0 Å². The number of hydrogen-bond acceptors (Lipinski definition) is 4. The molecule has 23 heavy (non-hydrogen) atoms. The van der Waals surface area contributed by atoms with Gasteiger partial charge in [0.05, 0.1) is 0 Å². The molecule has 7 heteroatoms. The van der Waals surface area contributed by atoms with Crippen LogP contribution >= 0.6 is 35.0 Å². The first kappa shape index (κ1) is 16.2. The molecule has 0 amide bonds. The summed E-state index contributed by atoms with van der Waals surface area (Å²) < 4.78 is 1.96. The van der Waals surface area contributed by atoms with E-state index in [-0.39, 0.29) is 0 Å². The minimum Gasteiger partial charge on any atom is -0.399 e. The van der Waals surface area contributed by atoms with E-state index in [0.29, 0.717) is 15.8 Å². The van der Waals surface area contributed by atoms with Crippen LogP contribution in [-0.2, 0) is 12.8 Å². The molecule has 0 spiro atoms. The van der Waals surface area contributed by atoms with Crippen LogP contribution in [0.3, 0.4) is 0 Å². The number of aromatic nitrogens is 3. The summed E-state index contributed by atoms with van der Waals surface area (Å²) in [6, 6.07) is 13.1. The molecule has 0 aliphatic heterocycles. The second-order valence-electron chi connectivity index (χ2n) is 5.01. The fraction of sp³-hybridized carbons (Fsp3) is 0.125. The first-order chi connectivity index (χ1) is 11.0. The second kappa shape index (κ2) is 6.83. The smallest absolute Gasteiger partial charge is 0.191 e. The molecule has 2 aromatic carbocycles. The van der Waals surface area contributed by atoms with Crippen molar-refractivity contribution in [2.75, 3.05) is 5.73 Å². The highest BCUT2D eigenvalue weighted by molar-refractivity contribution is 7.98. The van der Waals surface area contributed by atoms with E-state index in [1.165, 1.54) is 0 Å². The van der Waals surface area contributed by atoms with Crippen LogP contribution in [0.2, 0.25) is 10.0 Å². The number of hydrogen-bond donors (Lipinski definition) is 1. The highest BCUT2D eigenvalue weighted by Crippen LogP contribution is 2.29. The molecule has 4 nitrogen and oxygen atoms in total. The van der Waals surface area contributed by atoms with E-state index in [2.05, 4.69) is 10.2 Å². The van der Waals surface area contributed by atoms with Gasteiger partial charge in [0.1, 0.15) is 0 Å². The van der Waals surface area contributed by atoms with Crippen molar-refractivity contribution in [3.8, 4) is 11.4 Å². The monoisotopic (exact) mass is 364 g/mol. The van der Waals surface area contributed by atoms with Gasteiger partial charge in [-0.2, -0.15) is 0 Å². The molecular formula is C16H14Cl2N4S. The van der Waals surface area contributed by atoms with Crippen molar-refractivity contribution in [1.29, 1.82) is 0 Å². The summed E-state index contributed by atoms with van der Waals surface area (Å²) in [6.07, 6.45) is 0. The van der Waals surface area contributed by atoms with Crippen molar-refractivity contribution in [1.82, 2.24) is 14.8 Å². The third-order valence-corrected chi connectivity index (χ3v) is 5.03. The first-order valence-electron chi connectivity index (χ1n) is 6.86. The maximum Gasteiger partial charge on any atom is 0.191 e. The van der Waals surface area contributed by atoms with Gasteiger partial charge in [-0.1, -0.05) is 41.0 Å². The van der Waals surface area contributed by atoms with Gasteiger partial charge in [0.15, 0.2) is 11.0 Å². The average molecular weight is 365 g/mol. The maximum absolute atomic E-state index is 6.20. The zero-order valence-corrected chi connectivity index (χ0v) is 14.7. The van der Waals surface area contributed by atoms with Gasteiger partial charge in [0.25, 0.3) is 0 Å². The third kappa shape index (κ3) is 3.63. The fourth-order valence-corrected chi connectivity index (χ4v) is 3.57. The lowest BCUT2D eigenvalue weighted by Gasteiger charge is -2.06. The number of nitrogen functional groups attached to an aromatic ring is 1. The predicted octanol–water partition coefficient (Wildman–Crippen LogP) is 4.66. The van der Waals surface area contributed by atoms with Crippen molar-refractivity contribution in [3.05, 3.63) is 58.1 Å². The Morgan fingerprint density at radius 3 is 2.52 bits per heavy atom. The van der Waals surface area contributed by atoms with Gasteiger partial charge in [-0.3, -0.25) is 0 Å². The van der Waals surface area contributed by atoms with Gasteiger partial charge in [-0.25, -0.2) is 0 Å². The van der Waals surface area contributed by atoms with Gasteiger partial charge < -0.3 is 10.3 Å². The van der Waals surface area contributed by atoms with Crippen LogP contribution in [0.4, 0.5) is 5.69 Å². The van der Waals surface area contributed by atoms with Crippen LogP contribution in [0.1, 0.15) is 5.56 Å². The lowest BCUT2D eigenvalue weighted by molar-refractivity contribution is 0.794. The van der Waals surface area contributed by atoms with E-state index in [1.807, 2.05) is 48.0 Å². The minimum absolute atomic E-state index is 0.632. The number of anilines is 1. The number of halogens is 2. The molecule has 1 heterocycles. The quantitative estimate of drug-likeness (QED) is 0.540. The highest BCUT2D eigenvalue weighted by atomic mass is 35.5. The Kier molecular flexibility index (Phi) is 4.80. The normalized spacial score (nSPS) is 10.9. The van der Waals surface area contributed by atoms with Crippen molar-refractivity contribution < 1.29 is 0 Å². The van der Waals surface area contributed by atoms with Gasteiger partial charge in [0.2, 0.25) is 0 Å². The van der Waals surface area contributed by atoms with E-state index in [9.17, 15) is 0 Å². The summed E-state index contributed by atoms with van der Waals surface area (Å²) in [4.78, 5) is 0. The Bertz CT molecular complexity index is 831. The van der Waals surface area contributed by atoms with Crippen molar-refractivity contribution in [3.63, 3.8) is 0 Å². The van der Waals surface area contributed by atoms with E-state index >= 15 is 0 Å². The summed E-state index contributed by atoms with van der Waals surface area (Å²) in [5.41, 5.74) is 8.43. The van der Waals surface area contributed by atoms with E-state index in [0.717, 1.165) is 27.8 Å². The zero-order valence-electron chi connectivity index (χ0n) is 12.3. The molecule has 0 radical (unpaired) electrons. The number of thioether (sulfide) groups is 1. The van der Waals surface area contributed by atoms with Gasteiger partial charge in [-0.15, -0.1) is 10.2 Å². The summed E-state index contributed by atoms with van der Waals surface area (Å²) in [5, 5.41) is 10.6. The van der Waals surface area contributed by atoms with Gasteiger partial charge >= 0.3 is 0 Å². The van der Waals surface area contributed by atoms with Crippen LogP contribution in [0.15, 0.2) is 47.6 Å². The van der Waals surface area contributed by atoms with Crippen molar-refractivity contribution in [2.24, 2.45) is 7.05 Å². The standard InChI is InChI=1S/C16H14Cl2N4S/c1-22-15(10-3-6-13(19)7-4-10)20-21-16(22)23-9-11-2-5-12(17)8-14(11)18/h2-8H,9,19H2,1H3. The lowest BCUT2D eigenvalue weighted by atomic mass is 10.2. The first-order valence-corrected chi connectivity index (χ1v) is 8.61. The predicted molar refractivity (Wildman–Crippen MR) is 96.9 cm³/mol. The van der Waals surface area contributed by atoms with Crippen molar-refractivity contribution in [2.45, 2.75) is 10.9 Å². The Morgan fingerprint density at radius 2 is 1.83 bits per heavy atom. The van der Waals surface area contributed by atoms with Crippen molar-refractivity contribution >= 4 is 40.7 Å². The number of rotatable bonds is 4. The number of benzene rings is 2. The number of nitrogens with two attached hydrogens (primary N) is 1. The molecule has 2 N–H and O–H groups in total. The second-order valence-corrected chi connectivity index (χ2v) is 6.80. The average Bonchev–Trinajstić information content (AvgIpc) is 2.88. The Balaban J connectivity index is 1.78. The number of nitrogens with zero attached hydrogens (tertiary/aromatic N) is 3. The molecular weight excluding hydrogens is 351 g/mol. The summed E-state index contributed by atoms with van der Waals surface area (Å²) >= 11 is 13.7. The van der Waals surface area contributed by atoms with Crippen LogP contribution in [-0.4, -0.2) is 14.8 Å². The Hall–Kier alpha value is -1.69. The largest absolute Gasteiger partial charge is 0.399 e. The molecule has 3 rings (SSSR count). The third-order valence-electron chi connectivity index (χ3n) is 3.38. The van der Waals surface area contributed by atoms with Crippen LogP contribution in [0.25, 0.3) is 11.4 Å². The van der Waals surface area contributed by atoms with Crippen LogP contribution in [0.5, 0.6) is 0 Å². The molecule has 0 unspecified atom stereocenters. The molecule has 0 saturated carbocycles. The minimum atomic E-state index is 0.632. The van der Waals surface area contributed by atoms with Crippen LogP contribution in [0, 0.1) is 0 Å². The lowest BCUT2D eigenvalue weighted by Crippen LogP contribution is -1.95. The molecule has 0 fully saturated rings. The SMILES string of the molecule is Cn1c(SCc2ccc(Cl)cc2Cl)nnc1-c1ccc(N)cc1. The maximum atomic E-state index is 6.20. The summed E-state index contributed by atoms with van der Waals surface area (Å²) in [6.45, 7) is 0. The molecule has 0 saturated heterocycles. The Morgan fingerprint density at radius 1 is 1.09 bits per heavy atom. The fourth-order valence-electron chi connectivity index (χ4n) is 2.11. The summed E-state index contributed by atoms with van der Waals surface area (Å²) in [7, 11) is 1.94. The highest BCUT2D eigenvalue weighted by Gasteiger charge is 2.12. The van der Waals surface area contributed by atoms with Crippen LogP contribution < -0.4 is 5.73 Å². The molecule has 1 aromatic heterocycles. The topological polar surface area (TPSA) is 56.7 Å². The molecule has 0 atom stereocenters. The Labute approximate surface area is 148 Å². The molecule has 3 aromatic rings. The van der Waals surface area contributed by atoms with E-state index in [1.54, 1.807) is 17.8 Å². The molecule has 118 valence electrons. The molecule has 0 aliphatic carbocycles. The molecule has 0 aliphatic rings. The molecule has 0 bridgehead atoms. The van der Waals surface area contributed by atoms with E-state index in [4.69, 9.17) is 28.9 Å². The van der Waals surface area contributed by atoms with Gasteiger partial charge in [-0.05, 0) is 42.0 Å². The van der Waals surface area contributed by atoms with Gasteiger partial charge in [0, 0.05) is 34.1 Å².